The number of rotatable bonds is 7. The predicted molar refractivity (Wildman–Crippen MR) is 112 cm³/mol. The molecule has 0 radical (unpaired) electrons. The molecule has 0 saturated carbocycles. The Hall–Kier alpha value is -1.78. The van der Waals surface area contributed by atoms with E-state index in [0.29, 0.717) is 33.2 Å². The Morgan fingerprint density at radius 1 is 1.21 bits per heavy atom. The second kappa shape index (κ2) is 8.71. The van der Waals surface area contributed by atoms with Gasteiger partial charge in [0.05, 0.1) is 29.0 Å². The highest BCUT2D eigenvalue weighted by atomic mass is 35.5. The van der Waals surface area contributed by atoms with Crippen LogP contribution >= 0.6 is 34.9 Å². The minimum Gasteiger partial charge on any atom is -0.324 e. The van der Waals surface area contributed by atoms with Crippen LogP contribution in [-0.4, -0.2) is 40.5 Å². The maximum absolute atomic E-state index is 13.2. The number of halogens is 2. The maximum atomic E-state index is 13.2. The Kier molecular flexibility index (Phi) is 6.51. The van der Waals surface area contributed by atoms with E-state index in [-0.39, 0.29) is 18.0 Å². The first-order valence-electron chi connectivity index (χ1n) is 8.29. The van der Waals surface area contributed by atoms with Crippen LogP contribution in [0, 0.1) is 0 Å². The molecule has 3 aromatic rings. The number of sulfonamides is 1. The maximum Gasteiger partial charge on any atom is 0.245 e. The van der Waals surface area contributed by atoms with Gasteiger partial charge in [-0.3, -0.25) is 4.79 Å². The number of hydrogen-bond acceptors (Lipinski definition) is 6. The first kappa shape index (κ1) is 20.9. The van der Waals surface area contributed by atoms with Crippen molar-refractivity contribution in [2.75, 3.05) is 18.4 Å². The molecule has 0 aliphatic heterocycles. The molecule has 1 heterocycles. The van der Waals surface area contributed by atoms with Gasteiger partial charge < -0.3 is 5.32 Å². The lowest BCUT2D eigenvalue weighted by atomic mass is 10.3. The molecule has 0 fully saturated rings. The molecule has 1 N–H and O–H groups in total. The van der Waals surface area contributed by atoms with Gasteiger partial charge in [-0.15, -0.1) is 0 Å². The summed E-state index contributed by atoms with van der Waals surface area (Å²) in [4.78, 5) is 12.5. The second-order valence-corrected chi connectivity index (χ2v) is 9.18. The Morgan fingerprint density at radius 2 is 2.00 bits per heavy atom. The molecule has 1 aromatic heterocycles. The molecule has 148 valence electrons. The van der Waals surface area contributed by atoms with Gasteiger partial charge in [0.15, 0.2) is 0 Å². The van der Waals surface area contributed by atoms with Gasteiger partial charge in [-0.05, 0) is 36.8 Å². The number of amides is 1. The zero-order valence-electron chi connectivity index (χ0n) is 14.7. The number of fused-ring (bicyclic) bond motifs is 1. The molecule has 28 heavy (non-hydrogen) atoms. The number of anilines is 1. The summed E-state index contributed by atoms with van der Waals surface area (Å²) in [6.07, 6.45) is 0.537. The van der Waals surface area contributed by atoms with Crippen LogP contribution in [0.2, 0.25) is 10.0 Å². The average molecular weight is 459 g/mol. The van der Waals surface area contributed by atoms with Gasteiger partial charge in [-0.1, -0.05) is 36.2 Å². The largest absolute Gasteiger partial charge is 0.324 e. The number of nitrogens with zero attached hydrogens (tertiary/aromatic N) is 3. The first-order chi connectivity index (χ1) is 13.3. The fourth-order valence-electron chi connectivity index (χ4n) is 2.61. The number of aromatic nitrogens is 2. The van der Waals surface area contributed by atoms with E-state index in [4.69, 9.17) is 23.2 Å². The van der Waals surface area contributed by atoms with E-state index in [1.54, 1.807) is 24.3 Å². The minimum atomic E-state index is -3.95. The summed E-state index contributed by atoms with van der Waals surface area (Å²) < 4.78 is 35.6. The van der Waals surface area contributed by atoms with Crippen molar-refractivity contribution in [1.29, 1.82) is 0 Å². The van der Waals surface area contributed by atoms with Crippen molar-refractivity contribution in [3.8, 4) is 0 Å². The van der Waals surface area contributed by atoms with Crippen molar-refractivity contribution in [2.24, 2.45) is 0 Å². The van der Waals surface area contributed by atoms with E-state index in [0.717, 1.165) is 16.0 Å². The van der Waals surface area contributed by atoms with Gasteiger partial charge in [-0.2, -0.15) is 13.1 Å². The van der Waals surface area contributed by atoms with Crippen LogP contribution in [0.4, 0.5) is 5.69 Å². The molecule has 3 rings (SSSR count). The quantitative estimate of drug-likeness (QED) is 0.576. The molecule has 2 aromatic carbocycles. The van der Waals surface area contributed by atoms with Crippen LogP contribution in [-0.2, 0) is 14.8 Å². The van der Waals surface area contributed by atoms with Gasteiger partial charge in [0, 0.05) is 11.6 Å². The van der Waals surface area contributed by atoms with Crippen LogP contribution in [0.1, 0.15) is 13.3 Å². The van der Waals surface area contributed by atoms with Gasteiger partial charge in [0.2, 0.25) is 15.9 Å². The van der Waals surface area contributed by atoms with Crippen molar-refractivity contribution >= 4 is 67.6 Å². The lowest BCUT2D eigenvalue weighted by Gasteiger charge is -2.21. The number of carbonyl (C=O) groups is 1. The minimum absolute atomic E-state index is 0.0285. The van der Waals surface area contributed by atoms with Gasteiger partial charge >= 0.3 is 0 Å². The van der Waals surface area contributed by atoms with Gasteiger partial charge in [0.25, 0.3) is 0 Å². The highest BCUT2D eigenvalue weighted by molar-refractivity contribution is 7.89. The van der Waals surface area contributed by atoms with Gasteiger partial charge in [-0.25, -0.2) is 8.42 Å². The smallest absolute Gasteiger partial charge is 0.245 e. The summed E-state index contributed by atoms with van der Waals surface area (Å²) in [6.45, 7) is 1.64. The highest BCUT2D eigenvalue weighted by Gasteiger charge is 2.29. The number of benzene rings is 2. The van der Waals surface area contributed by atoms with Crippen molar-refractivity contribution in [3.05, 3.63) is 46.4 Å². The third-order valence-electron chi connectivity index (χ3n) is 3.86. The molecule has 0 saturated heterocycles. The predicted octanol–water partition coefficient (Wildman–Crippen LogP) is 4.04. The van der Waals surface area contributed by atoms with Crippen LogP contribution in [0.5, 0.6) is 0 Å². The number of carbonyl (C=O) groups excluding carboxylic acids is 1. The summed E-state index contributed by atoms with van der Waals surface area (Å²) in [5.74, 6) is -0.523. The number of nitrogens with one attached hydrogen (secondary N) is 1. The molecule has 11 heteroatoms. The van der Waals surface area contributed by atoms with E-state index < -0.39 is 15.9 Å². The molecule has 1 amide bonds. The van der Waals surface area contributed by atoms with E-state index >= 15 is 0 Å². The Balaban J connectivity index is 1.87. The van der Waals surface area contributed by atoms with E-state index in [1.807, 2.05) is 6.92 Å². The molecule has 0 aliphatic carbocycles. The first-order valence-corrected chi connectivity index (χ1v) is 11.2. The monoisotopic (exact) mass is 458 g/mol. The van der Waals surface area contributed by atoms with Crippen molar-refractivity contribution < 1.29 is 13.2 Å². The summed E-state index contributed by atoms with van der Waals surface area (Å²) in [7, 11) is -3.95. The summed E-state index contributed by atoms with van der Waals surface area (Å²) in [5, 5.41) is 3.32. The Morgan fingerprint density at radius 3 is 2.75 bits per heavy atom. The van der Waals surface area contributed by atoms with Crippen molar-refractivity contribution in [2.45, 2.75) is 18.2 Å². The Bertz CT molecular complexity index is 1120. The summed E-state index contributed by atoms with van der Waals surface area (Å²) >= 11 is 12.9. The molecule has 7 nitrogen and oxygen atoms in total. The second-order valence-electron chi connectivity index (χ2n) is 5.90. The summed E-state index contributed by atoms with van der Waals surface area (Å²) in [6, 6.07) is 9.41. The van der Waals surface area contributed by atoms with Crippen molar-refractivity contribution in [3.63, 3.8) is 0 Å². The third-order valence-corrected chi connectivity index (χ3v) is 6.85. The van der Waals surface area contributed by atoms with E-state index in [9.17, 15) is 13.2 Å². The van der Waals surface area contributed by atoms with Crippen LogP contribution in [0.25, 0.3) is 11.0 Å². The Labute approximate surface area is 176 Å². The molecular formula is C17H16Cl2N4O3S2. The molecular weight excluding hydrogens is 443 g/mol. The fourth-order valence-corrected chi connectivity index (χ4v) is 5.18. The highest BCUT2D eigenvalue weighted by Crippen LogP contribution is 2.27. The molecule has 0 bridgehead atoms. The molecule has 0 spiro atoms. The SMILES string of the molecule is CCCN(CC(=O)Nc1cc(Cl)ccc1Cl)S(=O)(=O)c1cccc2nsnc12. The summed E-state index contributed by atoms with van der Waals surface area (Å²) in [5.41, 5.74) is 1.11. The zero-order valence-corrected chi connectivity index (χ0v) is 17.9. The average Bonchev–Trinajstić information content (AvgIpc) is 3.13. The zero-order chi connectivity index (χ0) is 20.3. The normalized spacial score (nSPS) is 11.9. The van der Waals surface area contributed by atoms with Crippen LogP contribution in [0.3, 0.4) is 0 Å². The van der Waals surface area contributed by atoms with E-state index in [1.165, 1.54) is 12.1 Å². The molecule has 0 atom stereocenters. The lowest BCUT2D eigenvalue weighted by molar-refractivity contribution is -0.116. The van der Waals surface area contributed by atoms with Gasteiger partial charge in [0.1, 0.15) is 15.9 Å². The van der Waals surface area contributed by atoms with E-state index in [2.05, 4.69) is 14.1 Å². The van der Waals surface area contributed by atoms with Crippen LogP contribution in [0.15, 0.2) is 41.3 Å². The topological polar surface area (TPSA) is 92.3 Å². The molecule has 0 unspecified atom stereocenters. The van der Waals surface area contributed by atoms with Crippen molar-refractivity contribution in [1.82, 2.24) is 13.1 Å². The lowest BCUT2D eigenvalue weighted by Crippen LogP contribution is -2.38. The third kappa shape index (κ3) is 4.44. The fraction of sp³-hybridized carbons (Fsp3) is 0.235. The number of hydrogen-bond donors (Lipinski definition) is 1. The molecule has 0 aliphatic rings. The standard InChI is InChI=1S/C17H16Cl2N4O3S2/c1-2-8-23(10-16(24)20-14-9-11(18)6-7-12(14)19)28(25,26)15-5-3-4-13-17(15)22-27-21-13/h3-7,9H,2,8,10H2,1H3,(H,20,24). The van der Waals surface area contributed by atoms with Crippen LogP contribution < -0.4 is 5.32 Å².